The molecule has 0 saturated heterocycles. The maximum absolute atomic E-state index is 13.6. The third-order valence-electron chi connectivity index (χ3n) is 5.27. The lowest BCUT2D eigenvalue weighted by Gasteiger charge is -2.32. The third-order valence-corrected chi connectivity index (χ3v) is 5.89. The number of hydrogen-bond donors (Lipinski definition) is 1. The van der Waals surface area contributed by atoms with Gasteiger partial charge in [0.2, 0.25) is 11.8 Å². The van der Waals surface area contributed by atoms with E-state index in [0.717, 1.165) is 16.7 Å². The van der Waals surface area contributed by atoms with Gasteiger partial charge in [0.25, 0.3) is 0 Å². The number of hydrogen-bond acceptors (Lipinski definition) is 2. The van der Waals surface area contributed by atoms with Gasteiger partial charge >= 0.3 is 0 Å². The van der Waals surface area contributed by atoms with Crippen LogP contribution in [0.15, 0.2) is 78.9 Å². The van der Waals surface area contributed by atoms with Crippen LogP contribution in [0.2, 0.25) is 10.0 Å². The molecule has 0 aliphatic rings. The lowest BCUT2D eigenvalue weighted by atomic mass is 10.0. The number of carbonyl (C=O) groups is 2. The fourth-order valence-electron chi connectivity index (χ4n) is 3.63. The van der Waals surface area contributed by atoms with Crippen LogP contribution in [0.3, 0.4) is 0 Å². The molecular formula is C27H28Cl2N2O2. The van der Waals surface area contributed by atoms with Crippen molar-refractivity contribution in [3.8, 4) is 0 Å². The van der Waals surface area contributed by atoms with Crippen molar-refractivity contribution in [2.75, 3.05) is 0 Å². The Balaban J connectivity index is 1.97. The van der Waals surface area contributed by atoms with Gasteiger partial charge in [0.1, 0.15) is 6.04 Å². The zero-order valence-corrected chi connectivity index (χ0v) is 20.3. The number of halogens is 2. The van der Waals surface area contributed by atoms with Crippen LogP contribution < -0.4 is 5.32 Å². The van der Waals surface area contributed by atoms with Crippen molar-refractivity contribution in [2.24, 2.45) is 0 Å². The van der Waals surface area contributed by atoms with Gasteiger partial charge in [-0.05, 0) is 48.7 Å². The lowest BCUT2D eigenvalue weighted by molar-refractivity contribution is -0.141. The Hall–Kier alpha value is -2.82. The summed E-state index contributed by atoms with van der Waals surface area (Å²) in [5, 5.41) is 4.14. The molecule has 0 aliphatic carbocycles. The van der Waals surface area contributed by atoms with Crippen LogP contribution in [0.5, 0.6) is 0 Å². The Labute approximate surface area is 205 Å². The van der Waals surface area contributed by atoms with Gasteiger partial charge in [-0.3, -0.25) is 9.59 Å². The average Bonchev–Trinajstić information content (AvgIpc) is 2.79. The highest BCUT2D eigenvalue weighted by Crippen LogP contribution is 2.21. The highest BCUT2D eigenvalue weighted by Gasteiger charge is 2.31. The molecule has 2 amide bonds. The standard InChI is InChI=1S/C27H28Cl2N2O2/c1-19(2)30-27(33)25(16-20-8-4-3-5-9-20)31(18-21-12-14-23(28)15-13-21)26(32)17-22-10-6-7-11-24(22)29/h3-15,19,25H,16-18H2,1-2H3,(H,30,33)/t25-/m1/s1. The molecule has 3 aromatic rings. The molecule has 6 heteroatoms. The first kappa shape index (κ1) is 24.8. The predicted molar refractivity (Wildman–Crippen MR) is 134 cm³/mol. The summed E-state index contributed by atoms with van der Waals surface area (Å²) in [7, 11) is 0. The highest BCUT2D eigenvalue weighted by atomic mass is 35.5. The Kier molecular flexibility index (Phi) is 8.93. The van der Waals surface area contributed by atoms with Crippen LogP contribution >= 0.6 is 23.2 Å². The molecule has 172 valence electrons. The second-order valence-electron chi connectivity index (χ2n) is 8.29. The first-order valence-electron chi connectivity index (χ1n) is 10.9. The predicted octanol–water partition coefficient (Wildman–Crippen LogP) is 5.70. The molecule has 0 bridgehead atoms. The Bertz CT molecular complexity index is 1070. The summed E-state index contributed by atoms with van der Waals surface area (Å²) in [6.45, 7) is 4.10. The Morgan fingerprint density at radius 3 is 2.12 bits per heavy atom. The maximum Gasteiger partial charge on any atom is 0.243 e. The van der Waals surface area contributed by atoms with E-state index in [0.29, 0.717) is 16.5 Å². The molecule has 0 fully saturated rings. The molecule has 0 heterocycles. The summed E-state index contributed by atoms with van der Waals surface area (Å²) in [4.78, 5) is 28.6. The lowest BCUT2D eigenvalue weighted by Crippen LogP contribution is -2.52. The molecule has 4 nitrogen and oxygen atoms in total. The number of nitrogens with one attached hydrogen (secondary N) is 1. The fourth-order valence-corrected chi connectivity index (χ4v) is 3.96. The number of rotatable bonds is 9. The van der Waals surface area contributed by atoms with E-state index in [9.17, 15) is 9.59 Å². The van der Waals surface area contributed by atoms with Gasteiger partial charge in [-0.15, -0.1) is 0 Å². The first-order chi connectivity index (χ1) is 15.8. The minimum Gasteiger partial charge on any atom is -0.352 e. The van der Waals surface area contributed by atoms with Crippen LogP contribution in [0.4, 0.5) is 0 Å². The summed E-state index contributed by atoms with van der Waals surface area (Å²) in [6.07, 6.45) is 0.509. The molecule has 0 unspecified atom stereocenters. The van der Waals surface area contributed by atoms with E-state index in [2.05, 4.69) is 5.32 Å². The van der Waals surface area contributed by atoms with E-state index < -0.39 is 6.04 Å². The van der Waals surface area contributed by atoms with Crippen LogP contribution in [0.1, 0.15) is 30.5 Å². The van der Waals surface area contributed by atoms with E-state index >= 15 is 0 Å². The van der Waals surface area contributed by atoms with E-state index in [1.807, 2.05) is 74.5 Å². The monoisotopic (exact) mass is 482 g/mol. The molecule has 0 spiro atoms. The summed E-state index contributed by atoms with van der Waals surface area (Å²) in [5.41, 5.74) is 2.60. The van der Waals surface area contributed by atoms with Crippen molar-refractivity contribution >= 4 is 35.0 Å². The summed E-state index contributed by atoms with van der Waals surface area (Å²) >= 11 is 12.4. The topological polar surface area (TPSA) is 49.4 Å². The normalized spacial score (nSPS) is 11.8. The Morgan fingerprint density at radius 2 is 1.48 bits per heavy atom. The molecule has 33 heavy (non-hydrogen) atoms. The van der Waals surface area contributed by atoms with Crippen molar-refractivity contribution in [2.45, 2.75) is 45.3 Å². The quantitative estimate of drug-likeness (QED) is 0.425. The van der Waals surface area contributed by atoms with E-state index in [4.69, 9.17) is 23.2 Å². The van der Waals surface area contributed by atoms with Crippen LogP contribution in [0, 0.1) is 0 Å². The van der Waals surface area contributed by atoms with Gasteiger partial charge in [-0.2, -0.15) is 0 Å². The molecule has 1 atom stereocenters. The number of carbonyl (C=O) groups excluding carboxylic acids is 2. The van der Waals surface area contributed by atoms with Crippen LogP contribution in [-0.2, 0) is 29.0 Å². The SMILES string of the molecule is CC(C)NC(=O)[C@@H](Cc1ccccc1)N(Cc1ccc(Cl)cc1)C(=O)Cc1ccccc1Cl. The third kappa shape index (κ3) is 7.34. The number of benzene rings is 3. The molecule has 0 aromatic heterocycles. The second-order valence-corrected chi connectivity index (χ2v) is 9.13. The molecule has 0 radical (unpaired) electrons. The molecule has 3 aromatic carbocycles. The van der Waals surface area contributed by atoms with Gasteiger partial charge in [0.15, 0.2) is 0 Å². The minimum absolute atomic E-state index is 0.0492. The molecule has 0 saturated carbocycles. The molecule has 3 rings (SSSR count). The molecule has 0 aliphatic heterocycles. The molecule has 1 N–H and O–H groups in total. The van der Waals surface area contributed by atoms with Crippen LogP contribution in [0.25, 0.3) is 0 Å². The van der Waals surface area contributed by atoms with Crippen molar-refractivity contribution in [3.05, 3.63) is 106 Å². The minimum atomic E-state index is -0.680. The van der Waals surface area contributed by atoms with Gasteiger partial charge in [-0.25, -0.2) is 0 Å². The zero-order chi connectivity index (χ0) is 23.8. The number of amides is 2. The molecular weight excluding hydrogens is 455 g/mol. The zero-order valence-electron chi connectivity index (χ0n) is 18.8. The second kappa shape index (κ2) is 11.9. The van der Waals surface area contributed by atoms with Crippen molar-refractivity contribution in [1.82, 2.24) is 10.2 Å². The van der Waals surface area contributed by atoms with Crippen molar-refractivity contribution in [1.29, 1.82) is 0 Å². The Morgan fingerprint density at radius 1 is 0.848 bits per heavy atom. The van der Waals surface area contributed by atoms with Crippen molar-refractivity contribution < 1.29 is 9.59 Å². The van der Waals surface area contributed by atoms with Gasteiger partial charge < -0.3 is 10.2 Å². The first-order valence-corrected chi connectivity index (χ1v) is 11.7. The van der Waals surface area contributed by atoms with Crippen LogP contribution in [-0.4, -0.2) is 28.8 Å². The largest absolute Gasteiger partial charge is 0.352 e. The smallest absolute Gasteiger partial charge is 0.243 e. The average molecular weight is 483 g/mol. The van der Waals surface area contributed by atoms with Crippen molar-refractivity contribution in [3.63, 3.8) is 0 Å². The van der Waals surface area contributed by atoms with E-state index in [-0.39, 0.29) is 30.8 Å². The summed E-state index contributed by atoms with van der Waals surface area (Å²) in [5.74, 6) is -0.354. The van der Waals surface area contributed by atoms with Gasteiger partial charge in [-0.1, -0.05) is 83.9 Å². The van der Waals surface area contributed by atoms with Gasteiger partial charge in [0.05, 0.1) is 6.42 Å². The fraction of sp³-hybridized carbons (Fsp3) is 0.259. The summed E-state index contributed by atoms with van der Waals surface area (Å²) < 4.78 is 0. The van der Waals surface area contributed by atoms with E-state index in [1.165, 1.54) is 0 Å². The van der Waals surface area contributed by atoms with E-state index in [1.54, 1.807) is 23.1 Å². The number of nitrogens with zero attached hydrogens (tertiary/aromatic N) is 1. The highest BCUT2D eigenvalue weighted by molar-refractivity contribution is 6.31. The maximum atomic E-state index is 13.6. The summed E-state index contributed by atoms with van der Waals surface area (Å²) in [6, 6.07) is 23.6. The van der Waals surface area contributed by atoms with Gasteiger partial charge in [0, 0.05) is 29.1 Å².